The highest BCUT2D eigenvalue weighted by Gasteiger charge is 2.15. The largest absolute Gasteiger partial charge is 0.356 e. The van der Waals surface area contributed by atoms with Crippen LogP contribution in [-0.2, 0) is 11.2 Å². The molecule has 2 heterocycles. The molecular formula is C14H23N3OS. The first kappa shape index (κ1) is 14.5. The van der Waals surface area contributed by atoms with Gasteiger partial charge in [0.1, 0.15) is 0 Å². The first-order chi connectivity index (χ1) is 9.15. The molecule has 0 radical (unpaired) electrons. The van der Waals surface area contributed by atoms with Crippen LogP contribution in [0.4, 0.5) is 0 Å². The first-order valence-electron chi connectivity index (χ1n) is 7.05. The molecule has 1 aromatic rings. The van der Waals surface area contributed by atoms with Gasteiger partial charge >= 0.3 is 0 Å². The molecule has 5 heteroatoms. The maximum atomic E-state index is 11.7. The van der Waals surface area contributed by atoms with Gasteiger partial charge in [-0.1, -0.05) is 0 Å². The van der Waals surface area contributed by atoms with Crippen molar-refractivity contribution in [2.45, 2.75) is 39.5 Å². The fraction of sp³-hybridized carbons (Fsp3) is 0.714. The minimum Gasteiger partial charge on any atom is -0.356 e. The van der Waals surface area contributed by atoms with Gasteiger partial charge in [0.2, 0.25) is 5.91 Å². The average Bonchev–Trinajstić information content (AvgIpc) is 2.97. The molecule has 0 bridgehead atoms. The highest BCUT2D eigenvalue weighted by atomic mass is 32.1. The Labute approximate surface area is 119 Å². The number of hydrogen-bond acceptors (Lipinski definition) is 4. The zero-order valence-corrected chi connectivity index (χ0v) is 12.6. The Morgan fingerprint density at radius 3 is 3.00 bits per heavy atom. The summed E-state index contributed by atoms with van der Waals surface area (Å²) in [5, 5.41) is 7.45. The number of nitrogens with one attached hydrogen (secondary N) is 2. The highest BCUT2D eigenvalue weighted by molar-refractivity contribution is 7.11. The molecule has 0 spiro atoms. The number of aryl methyl sites for hydroxylation is 2. The lowest BCUT2D eigenvalue weighted by molar-refractivity contribution is -0.121. The van der Waals surface area contributed by atoms with Crippen LogP contribution < -0.4 is 10.6 Å². The van der Waals surface area contributed by atoms with Crippen LogP contribution in [0.15, 0.2) is 0 Å². The lowest BCUT2D eigenvalue weighted by atomic mass is 10.0. The van der Waals surface area contributed by atoms with Crippen LogP contribution >= 0.6 is 11.3 Å². The lowest BCUT2D eigenvalue weighted by Crippen LogP contribution is -2.26. The molecule has 0 aromatic carbocycles. The maximum absolute atomic E-state index is 11.7. The third kappa shape index (κ3) is 4.58. The molecule has 0 saturated carbocycles. The van der Waals surface area contributed by atoms with E-state index >= 15 is 0 Å². The van der Waals surface area contributed by atoms with Crippen molar-refractivity contribution in [1.29, 1.82) is 0 Å². The van der Waals surface area contributed by atoms with Crippen molar-refractivity contribution in [3.8, 4) is 0 Å². The Balaban J connectivity index is 1.62. The second-order valence-electron chi connectivity index (χ2n) is 5.24. The van der Waals surface area contributed by atoms with E-state index in [0.29, 0.717) is 12.3 Å². The molecule has 1 atom stereocenters. The fourth-order valence-electron chi connectivity index (χ4n) is 2.51. The summed E-state index contributed by atoms with van der Waals surface area (Å²) >= 11 is 1.73. The van der Waals surface area contributed by atoms with Crippen molar-refractivity contribution in [1.82, 2.24) is 15.6 Å². The molecule has 1 amide bonds. The van der Waals surface area contributed by atoms with Gasteiger partial charge in [-0.2, -0.15) is 0 Å². The number of amides is 1. The predicted octanol–water partition coefficient (Wildman–Crippen LogP) is 1.81. The molecule has 1 fully saturated rings. The Hall–Kier alpha value is -0.940. The van der Waals surface area contributed by atoms with E-state index in [2.05, 4.69) is 15.6 Å². The molecule has 4 nitrogen and oxygen atoms in total. The van der Waals surface area contributed by atoms with Crippen LogP contribution in [0.25, 0.3) is 0 Å². The first-order valence-corrected chi connectivity index (χ1v) is 7.87. The van der Waals surface area contributed by atoms with Crippen molar-refractivity contribution >= 4 is 17.2 Å². The number of thiazole rings is 1. The van der Waals surface area contributed by atoms with E-state index in [1.54, 1.807) is 11.3 Å². The van der Waals surface area contributed by atoms with Crippen LogP contribution in [0.3, 0.4) is 0 Å². The van der Waals surface area contributed by atoms with E-state index in [-0.39, 0.29) is 5.91 Å². The maximum Gasteiger partial charge on any atom is 0.220 e. The predicted molar refractivity (Wildman–Crippen MR) is 78.5 cm³/mol. The summed E-state index contributed by atoms with van der Waals surface area (Å²) in [6.45, 7) is 6.97. The van der Waals surface area contributed by atoms with Gasteiger partial charge in [0.15, 0.2) is 0 Å². The zero-order valence-electron chi connectivity index (χ0n) is 11.8. The molecule has 0 aliphatic carbocycles. The van der Waals surface area contributed by atoms with Crippen LogP contribution in [0.5, 0.6) is 0 Å². The van der Waals surface area contributed by atoms with Crippen LogP contribution in [0.1, 0.15) is 34.8 Å². The summed E-state index contributed by atoms with van der Waals surface area (Å²) in [5.74, 6) is 0.878. The Bertz CT molecular complexity index is 424. The van der Waals surface area contributed by atoms with E-state index in [9.17, 15) is 4.79 Å². The third-order valence-corrected chi connectivity index (χ3v) is 4.75. The monoisotopic (exact) mass is 281 g/mol. The summed E-state index contributed by atoms with van der Waals surface area (Å²) in [6, 6.07) is 0. The van der Waals surface area contributed by atoms with E-state index in [0.717, 1.165) is 43.2 Å². The summed E-state index contributed by atoms with van der Waals surface area (Å²) in [7, 11) is 0. The third-order valence-electron chi connectivity index (χ3n) is 3.62. The number of aromatic nitrogens is 1. The molecular weight excluding hydrogens is 258 g/mol. The summed E-state index contributed by atoms with van der Waals surface area (Å²) in [4.78, 5) is 17.4. The topological polar surface area (TPSA) is 54.0 Å². The van der Waals surface area contributed by atoms with Crippen LogP contribution in [0.2, 0.25) is 0 Å². The zero-order chi connectivity index (χ0) is 13.7. The average molecular weight is 281 g/mol. The quantitative estimate of drug-likeness (QED) is 0.836. The molecule has 2 N–H and O–H groups in total. The molecule has 1 unspecified atom stereocenters. The molecule has 2 rings (SSSR count). The summed E-state index contributed by atoms with van der Waals surface area (Å²) in [6.07, 6.45) is 3.78. The van der Waals surface area contributed by atoms with Crippen molar-refractivity contribution in [2.24, 2.45) is 5.92 Å². The lowest BCUT2D eigenvalue weighted by Gasteiger charge is -2.08. The van der Waals surface area contributed by atoms with Crippen LogP contribution in [-0.4, -0.2) is 30.5 Å². The second kappa shape index (κ2) is 7.01. The normalized spacial score (nSPS) is 18.7. The number of carbonyl (C=O) groups is 1. The standard InChI is InChI=1S/C14H23N3OS/c1-10-13(19-11(2)17-10)6-8-16-14(18)4-3-12-5-7-15-9-12/h12,15H,3-9H2,1-2H3,(H,16,18). The smallest absolute Gasteiger partial charge is 0.220 e. The Morgan fingerprint density at radius 2 is 2.37 bits per heavy atom. The SMILES string of the molecule is Cc1nc(C)c(CCNC(=O)CCC2CCNC2)s1. The Kier molecular flexibility index (Phi) is 5.34. The van der Waals surface area contributed by atoms with E-state index in [1.807, 2.05) is 13.8 Å². The van der Waals surface area contributed by atoms with Crippen LogP contribution in [0, 0.1) is 19.8 Å². The van der Waals surface area contributed by atoms with Gasteiger partial charge in [0, 0.05) is 24.3 Å². The van der Waals surface area contributed by atoms with Crippen molar-refractivity contribution in [3.63, 3.8) is 0 Å². The number of carbonyl (C=O) groups excluding carboxylic acids is 1. The van der Waals surface area contributed by atoms with Crippen molar-refractivity contribution < 1.29 is 4.79 Å². The van der Waals surface area contributed by atoms with Crippen molar-refractivity contribution in [3.05, 3.63) is 15.6 Å². The molecule has 1 aromatic heterocycles. The van der Waals surface area contributed by atoms with Gasteiger partial charge in [0.05, 0.1) is 10.7 Å². The van der Waals surface area contributed by atoms with Gasteiger partial charge in [-0.05, 0) is 45.7 Å². The van der Waals surface area contributed by atoms with Gasteiger partial charge in [-0.25, -0.2) is 4.98 Å². The number of rotatable bonds is 6. The minimum absolute atomic E-state index is 0.186. The molecule has 106 valence electrons. The second-order valence-corrected chi connectivity index (χ2v) is 6.53. The summed E-state index contributed by atoms with van der Waals surface area (Å²) in [5.41, 5.74) is 1.11. The van der Waals surface area contributed by atoms with E-state index < -0.39 is 0 Å². The molecule has 1 aliphatic rings. The van der Waals surface area contributed by atoms with Gasteiger partial charge in [-0.15, -0.1) is 11.3 Å². The Morgan fingerprint density at radius 1 is 1.53 bits per heavy atom. The number of nitrogens with zero attached hydrogens (tertiary/aromatic N) is 1. The van der Waals surface area contributed by atoms with E-state index in [1.165, 1.54) is 11.3 Å². The van der Waals surface area contributed by atoms with Gasteiger partial charge in [-0.3, -0.25) is 4.79 Å². The molecule has 1 saturated heterocycles. The van der Waals surface area contributed by atoms with Gasteiger partial charge < -0.3 is 10.6 Å². The fourth-order valence-corrected chi connectivity index (χ4v) is 3.44. The highest BCUT2D eigenvalue weighted by Crippen LogP contribution is 2.17. The van der Waals surface area contributed by atoms with E-state index in [4.69, 9.17) is 0 Å². The van der Waals surface area contributed by atoms with Crippen molar-refractivity contribution in [2.75, 3.05) is 19.6 Å². The summed E-state index contributed by atoms with van der Waals surface area (Å²) < 4.78 is 0. The minimum atomic E-state index is 0.186. The molecule has 19 heavy (non-hydrogen) atoms. The van der Waals surface area contributed by atoms with Gasteiger partial charge in [0.25, 0.3) is 0 Å². The molecule has 1 aliphatic heterocycles. The number of hydrogen-bond donors (Lipinski definition) is 2.